The second-order valence-corrected chi connectivity index (χ2v) is 7.10. The van der Waals surface area contributed by atoms with E-state index in [9.17, 15) is 0 Å². The van der Waals surface area contributed by atoms with Crippen LogP contribution in [0.1, 0.15) is 51.4 Å². The molecule has 0 unspecified atom stereocenters. The average Bonchev–Trinajstić information content (AvgIpc) is 3.08. The van der Waals surface area contributed by atoms with Crippen molar-refractivity contribution in [1.82, 2.24) is 9.80 Å². The fourth-order valence-corrected chi connectivity index (χ4v) is 4.67. The molecule has 0 aromatic rings. The normalized spacial score (nSPS) is 34.8. The summed E-state index contributed by atoms with van der Waals surface area (Å²) in [5.41, 5.74) is 12.0. The largest absolute Gasteiger partial charge is 0.326 e. The van der Waals surface area contributed by atoms with Gasteiger partial charge in [-0.2, -0.15) is 0 Å². The van der Waals surface area contributed by atoms with Crippen molar-refractivity contribution in [3.63, 3.8) is 0 Å². The molecule has 4 nitrogen and oxygen atoms in total. The van der Waals surface area contributed by atoms with Gasteiger partial charge in [0.25, 0.3) is 0 Å². The fourth-order valence-electron chi connectivity index (χ4n) is 4.67. The molecule has 148 valence electrons. The summed E-state index contributed by atoms with van der Waals surface area (Å²) in [4.78, 5) is 5.13. The predicted molar refractivity (Wildman–Crippen MR) is 113 cm³/mol. The van der Waals surface area contributed by atoms with E-state index in [4.69, 9.17) is 11.5 Å². The van der Waals surface area contributed by atoms with Crippen molar-refractivity contribution in [3.8, 4) is 0 Å². The maximum absolute atomic E-state index is 5.98. The number of halogens is 4. The molecule has 4 saturated heterocycles. The highest BCUT2D eigenvalue weighted by atomic mass is 35.5. The standard InChI is InChI=1S/2C8H16N2.4ClH/c2*9-7-3-1-5-10-6-2-4-8(7)10;;;;/h2*7-8H,1-6,9H2;4*1H/t2*7-,8-;;;;/m10..../s1. The summed E-state index contributed by atoms with van der Waals surface area (Å²) in [5.74, 6) is 0. The Kier molecular flexibility index (Phi) is 15.0. The van der Waals surface area contributed by atoms with Gasteiger partial charge < -0.3 is 11.5 Å². The van der Waals surface area contributed by atoms with Crippen LogP contribution < -0.4 is 11.5 Å². The molecule has 4 N–H and O–H groups in total. The molecule has 0 aliphatic carbocycles. The van der Waals surface area contributed by atoms with Crippen LogP contribution in [-0.4, -0.2) is 60.1 Å². The van der Waals surface area contributed by atoms with Crippen LogP contribution in [0.25, 0.3) is 0 Å². The Morgan fingerprint density at radius 2 is 0.792 bits per heavy atom. The lowest BCUT2D eigenvalue weighted by Gasteiger charge is -2.34. The molecule has 0 aromatic carbocycles. The zero-order chi connectivity index (χ0) is 13.9. The van der Waals surface area contributed by atoms with Crippen LogP contribution in [0.2, 0.25) is 0 Å². The molecular weight excluding hydrogens is 390 g/mol. The van der Waals surface area contributed by atoms with Crippen molar-refractivity contribution < 1.29 is 0 Å². The molecule has 0 bridgehead atoms. The lowest BCUT2D eigenvalue weighted by molar-refractivity contribution is 0.174. The molecule has 0 amide bonds. The lowest BCUT2D eigenvalue weighted by Crippen LogP contribution is -2.48. The molecule has 8 heteroatoms. The van der Waals surface area contributed by atoms with E-state index < -0.39 is 0 Å². The number of rotatable bonds is 0. The highest BCUT2D eigenvalue weighted by Gasteiger charge is 2.32. The van der Waals surface area contributed by atoms with Gasteiger partial charge in [-0.15, -0.1) is 49.6 Å². The van der Waals surface area contributed by atoms with Crippen molar-refractivity contribution in [2.45, 2.75) is 75.5 Å². The van der Waals surface area contributed by atoms with Crippen molar-refractivity contribution >= 4 is 49.6 Å². The molecular formula is C16H36Cl4N4. The van der Waals surface area contributed by atoms with Crippen LogP contribution in [0.15, 0.2) is 0 Å². The van der Waals surface area contributed by atoms with Gasteiger partial charge in [-0.1, -0.05) is 0 Å². The summed E-state index contributed by atoms with van der Waals surface area (Å²) in [7, 11) is 0. The summed E-state index contributed by atoms with van der Waals surface area (Å²) < 4.78 is 0. The molecule has 4 heterocycles. The van der Waals surface area contributed by atoms with E-state index in [1.165, 1.54) is 77.5 Å². The first-order chi connectivity index (χ1) is 9.75. The van der Waals surface area contributed by atoms with Crippen LogP contribution in [0, 0.1) is 0 Å². The number of hydrogen-bond acceptors (Lipinski definition) is 4. The summed E-state index contributed by atoms with van der Waals surface area (Å²) in [5, 5.41) is 0. The first-order valence-corrected chi connectivity index (χ1v) is 8.75. The van der Waals surface area contributed by atoms with E-state index in [0.717, 1.165) is 12.1 Å². The summed E-state index contributed by atoms with van der Waals surface area (Å²) >= 11 is 0. The van der Waals surface area contributed by atoms with E-state index in [1.54, 1.807) is 0 Å². The Labute approximate surface area is 172 Å². The zero-order valence-electron chi connectivity index (χ0n) is 14.5. The monoisotopic (exact) mass is 424 g/mol. The zero-order valence-corrected chi connectivity index (χ0v) is 17.7. The van der Waals surface area contributed by atoms with Crippen LogP contribution >= 0.6 is 49.6 Å². The van der Waals surface area contributed by atoms with E-state index >= 15 is 0 Å². The number of nitrogens with zero attached hydrogens (tertiary/aromatic N) is 2. The smallest absolute Gasteiger partial charge is 0.0247 e. The van der Waals surface area contributed by atoms with Crippen molar-refractivity contribution in [1.29, 1.82) is 0 Å². The number of piperidine rings is 2. The van der Waals surface area contributed by atoms with Crippen LogP contribution in [0.3, 0.4) is 0 Å². The third kappa shape index (κ3) is 6.62. The number of hydrogen-bond donors (Lipinski definition) is 2. The van der Waals surface area contributed by atoms with E-state index in [-0.39, 0.29) is 49.6 Å². The van der Waals surface area contributed by atoms with Crippen LogP contribution in [0.4, 0.5) is 0 Å². The van der Waals surface area contributed by atoms with Gasteiger partial charge >= 0.3 is 0 Å². The van der Waals surface area contributed by atoms with E-state index in [0.29, 0.717) is 12.1 Å². The summed E-state index contributed by atoms with van der Waals surface area (Å²) in [6, 6.07) is 2.45. The van der Waals surface area contributed by atoms with Crippen molar-refractivity contribution in [2.75, 3.05) is 26.2 Å². The van der Waals surface area contributed by atoms with Gasteiger partial charge in [0.15, 0.2) is 0 Å². The molecule has 0 aromatic heterocycles. The molecule has 4 fully saturated rings. The third-order valence-corrected chi connectivity index (χ3v) is 5.78. The Hall–Kier alpha value is 1.000. The van der Waals surface area contributed by atoms with Crippen molar-refractivity contribution in [3.05, 3.63) is 0 Å². The quantitative estimate of drug-likeness (QED) is 0.626. The van der Waals surface area contributed by atoms with Gasteiger partial charge in [-0.3, -0.25) is 9.80 Å². The molecule has 0 spiro atoms. The van der Waals surface area contributed by atoms with E-state index in [1.807, 2.05) is 0 Å². The van der Waals surface area contributed by atoms with Gasteiger partial charge in [0.05, 0.1) is 0 Å². The maximum atomic E-state index is 5.98. The first-order valence-electron chi connectivity index (χ1n) is 8.75. The minimum absolute atomic E-state index is 0. The van der Waals surface area contributed by atoms with Gasteiger partial charge in [0.2, 0.25) is 0 Å². The minimum Gasteiger partial charge on any atom is -0.326 e. The topological polar surface area (TPSA) is 58.5 Å². The molecule has 0 radical (unpaired) electrons. The lowest BCUT2D eigenvalue weighted by atomic mass is 9.98. The molecule has 4 aliphatic heterocycles. The average molecular weight is 426 g/mol. The Morgan fingerprint density at radius 1 is 0.500 bits per heavy atom. The van der Waals surface area contributed by atoms with Gasteiger partial charge in [0, 0.05) is 24.2 Å². The van der Waals surface area contributed by atoms with Gasteiger partial charge in [-0.05, 0) is 77.5 Å². The SMILES string of the molecule is Cl.Cl.Cl.Cl.N[C@@H]1CCCN2CCC[C@H]12.N[C@H]1CCCN2CCC[C@@H]12. The molecule has 4 aliphatic rings. The Balaban J connectivity index is 0. The molecule has 0 saturated carbocycles. The number of fused-ring (bicyclic) bond motifs is 2. The molecule has 4 atom stereocenters. The third-order valence-electron chi connectivity index (χ3n) is 5.78. The van der Waals surface area contributed by atoms with Gasteiger partial charge in [-0.25, -0.2) is 0 Å². The van der Waals surface area contributed by atoms with Gasteiger partial charge in [0.1, 0.15) is 0 Å². The first kappa shape index (κ1) is 27.2. The molecule has 24 heavy (non-hydrogen) atoms. The number of nitrogens with two attached hydrogens (primary N) is 2. The summed E-state index contributed by atoms with van der Waals surface area (Å²) in [6.07, 6.45) is 10.6. The highest BCUT2D eigenvalue weighted by Crippen LogP contribution is 2.26. The van der Waals surface area contributed by atoms with Crippen molar-refractivity contribution in [2.24, 2.45) is 11.5 Å². The Bertz CT molecular complexity index is 294. The minimum atomic E-state index is 0. The Morgan fingerprint density at radius 3 is 1.08 bits per heavy atom. The van der Waals surface area contributed by atoms with E-state index in [2.05, 4.69) is 9.80 Å². The molecule has 4 rings (SSSR count). The summed E-state index contributed by atoms with van der Waals surface area (Å²) in [6.45, 7) is 5.22. The highest BCUT2D eigenvalue weighted by molar-refractivity contribution is 5.86. The second kappa shape index (κ2) is 13.2. The maximum Gasteiger partial charge on any atom is 0.0247 e. The van der Waals surface area contributed by atoms with Crippen LogP contribution in [-0.2, 0) is 0 Å². The fraction of sp³-hybridized carbons (Fsp3) is 1.00. The second-order valence-electron chi connectivity index (χ2n) is 7.10. The van der Waals surface area contributed by atoms with Crippen LogP contribution in [0.5, 0.6) is 0 Å². The predicted octanol–water partition coefficient (Wildman–Crippen LogP) is 2.83.